The molecule has 2 saturated heterocycles. The zero-order valence-corrected chi connectivity index (χ0v) is 22.2. The smallest absolute Gasteiger partial charge is 0.309 e. The molecule has 2 N–H and O–H groups in total. The standard InChI is InChI=1S/C26H38FNO6S/c1-14-8-7-9-26(6)21(34-26)11-19(18(27)10-17-13-35-16(3)28-17)33-22(30)12-20(29)25(4,5)24(32)15(2)23(14)31/h10,13-15,19-21,23,29,31H,7-9,11-12H2,1-6H3/b18-10-/t14-,15-,19+,20+,21-,23+,26-/m1/s1. The Morgan fingerprint density at radius 3 is 2.57 bits per heavy atom. The molecule has 1 aromatic heterocycles. The molecular weight excluding hydrogens is 473 g/mol. The van der Waals surface area contributed by atoms with Crippen molar-refractivity contribution in [2.75, 3.05) is 0 Å². The van der Waals surface area contributed by atoms with E-state index in [0.717, 1.165) is 11.4 Å². The molecule has 0 amide bonds. The van der Waals surface area contributed by atoms with Gasteiger partial charge in [0.15, 0.2) is 6.10 Å². The molecule has 196 valence electrons. The molecule has 35 heavy (non-hydrogen) atoms. The fourth-order valence-electron chi connectivity index (χ4n) is 4.86. The topological polar surface area (TPSA) is 109 Å². The maximum atomic E-state index is 15.3. The van der Waals surface area contributed by atoms with Gasteiger partial charge >= 0.3 is 5.97 Å². The molecule has 7 nitrogen and oxygen atoms in total. The van der Waals surface area contributed by atoms with Gasteiger partial charge in [-0.3, -0.25) is 9.59 Å². The Labute approximate surface area is 210 Å². The number of Topliss-reactive ketones (excluding diaryl/α,β-unsaturated/α-hetero) is 1. The summed E-state index contributed by atoms with van der Waals surface area (Å²) in [6, 6.07) is 0. The maximum absolute atomic E-state index is 15.3. The summed E-state index contributed by atoms with van der Waals surface area (Å²) in [5.41, 5.74) is -1.32. The van der Waals surface area contributed by atoms with Crippen LogP contribution in [0.25, 0.3) is 6.08 Å². The van der Waals surface area contributed by atoms with Gasteiger partial charge < -0.3 is 19.7 Å². The Balaban J connectivity index is 1.85. The van der Waals surface area contributed by atoms with Crippen molar-refractivity contribution in [3.05, 3.63) is 21.9 Å². The van der Waals surface area contributed by atoms with Crippen molar-refractivity contribution in [3.8, 4) is 0 Å². The second-order valence-corrected chi connectivity index (χ2v) is 12.0. The number of aromatic nitrogens is 1. The van der Waals surface area contributed by atoms with E-state index in [-0.39, 0.29) is 24.2 Å². The van der Waals surface area contributed by atoms with Gasteiger partial charge in [-0.05, 0) is 38.7 Å². The summed E-state index contributed by atoms with van der Waals surface area (Å²) in [4.78, 5) is 30.2. The summed E-state index contributed by atoms with van der Waals surface area (Å²) in [7, 11) is 0. The molecule has 2 aliphatic heterocycles. The summed E-state index contributed by atoms with van der Waals surface area (Å²) in [6.07, 6.45) is -0.593. The van der Waals surface area contributed by atoms with Crippen LogP contribution in [0.3, 0.4) is 0 Å². The lowest BCUT2D eigenvalue weighted by atomic mass is 9.73. The van der Waals surface area contributed by atoms with Crippen LogP contribution in [-0.2, 0) is 19.1 Å². The van der Waals surface area contributed by atoms with Gasteiger partial charge in [-0.25, -0.2) is 9.37 Å². The lowest BCUT2D eigenvalue weighted by molar-refractivity contribution is -0.155. The van der Waals surface area contributed by atoms with Crippen molar-refractivity contribution in [2.24, 2.45) is 17.3 Å². The van der Waals surface area contributed by atoms with Crippen LogP contribution in [0.4, 0.5) is 4.39 Å². The summed E-state index contributed by atoms with van der Waals surface area (Å²) < 4.78 is 26.7. The van der Waals surface area contributed by atoms with Crippen molar-refractivity contribution < 1.29 is 33.7 Å². The molecule has 0 saturated carbocycles. The van der Waals surface area contributed by atoms with Crippen molar-refractivity contribution in [1.82, 2.24) is 4.98 Å². The molecule has 1 aromatic rings. The fourth-order valence-corrected chi connectivity index (χ4v) is 5.44. The zero-order chi connectivity index (χ0) is 26.1. The molecule has 7 atom stereocenters. The van der Waals surface area contributed by atoms with Crippen LogP contribution in [0, 0.1) is 24.2 Å². The Kier molecular flexibility index (Phi) is 8.57. The Morgan fingerprint density at radius 1 is 1.26 bits per heavy atom. The number of hydrogen-bond donors (Lipinski definition) is 2. The number of nitrogens with zero attached hydrogens (tertiary/aromatic N) is 1. The van der Waals surface area contributed by atoms with Gasteiger partial charge in [-0.15, -0.1) is 11.3 Å². The lowest BCUT2D eigenvalue weighted by Gasteiger charge is -2.34. The van der Waals surface area contributed by atoms with Crippen LogP contribution in [0.15, 0.2) is 11.2 Å². The van der Waals surface area contributed by atoms with Crippen molar-refractivity contribution in [3.63, 3.8) is 0 Å². The van der Waals surface area contributed by atoms with E-state index in [1.54, 1.807) is 26.2 Å². The molecule has 2 aliphatic rings. The molecule has 0 aromatic carbocycles. The first-order chi connectivity index (χ1) is 16.2. The highest BCUT2D eigenvalue weighted by atomic mass is 32.1. The number of aliphatic hydroxyl groups is 2. The van der Waals surface area contributed by atoms with E-state index in [1.807, 2.05) is 20.8 Å². The van der Waals surface area contributed by atoms with E-state index in [2.05, 4.69) is 4.98 Å². The average Bonchev–Trinajstić information content (AvgIpc) is 3.22. The number of thiazole rings is 1. The van der Waals surface area contributed by atoms with Gasteiger partial charge in [0.05, 0.1) is 46.5 Å². The van der Waals surface area contributed by atoms with Crippen LogP contribution in [0.2, 0.25) is 0 Å². The van der Waals surface area contributed by atoms with E-state index in [9.17, 15) is 19.8 Å². The van der Waals surface area contributed by atoms with Gasteiger partial charge in [-0.2, -0.15) is 0 Å². The number of ketones is 1. The number of fused-ring (bicyclic) bond motifs is 1. The van der Waals surface area contributed by atoms with Gasteiger partial charge in [-0.1, -0.05) is 34.1 Å². The highest BCUT2D eigenvalue weighted by Gasteiger charge is 2.53. The van der Waals surface area contributed by atoms with Crippen LogP contribution in [0.5, 0.6) is 0 Å². The molecule has 3 rings (SSSR count). The van der Waals surface area contributed by atoms with Gasteiger partial charge in [0.25, 0.3) is 0 Å². The summed E-state index contributed by atoms with van der Waals surface area (Å²) in [6.45, 7) is 10.4. The molecule has 2 fully saturated rings. The number of aryl methyl sites for hydroxylation is 1. The first-order valence-electron chi connectivity index (χ1n) is 12.3. The van der Waals surface area contributed by atoms with Crippen molar-refractivity contribution in [2.45, 2.75) is 104 Å². The van der Waals surface area contributed by atoms with Crippen molar-refractivity contribution >= 4 is 29.2 Å². The van der Waals surface area contributed by atoms with Crippen LogP contribution >= 0.6 is 11.3 Å². The molecular formula is C26H38FNO6S. The molecule has 9 heteroatoms. The monoisotopic (exact) mass is 511 g/mol. The molecule has 3 heterocycles. The van der Waals surface area contributed by atoms with Gasteiger partial charge in [0.2, 0.25) is 0 Å². The largest absolute Gasteiger partial charge is 0.455 e. The third kappa shape index (κ3) is 6.56. The van der Waals surface area contributed by atoms with E-state index in [4.69, 9.17) is 9.47 Å². The third-order valence-corrected chi connectivity index (χ3v) is 8.43. The zero-order valence-electron chi connectivity index (χ0n) is 21.4. The summed E-state index contributed by atoms with van der Waals surface area (Å²) in [5.74, 6) is -2.62. The quantitative estimate of drug-likeness (QED) is 0.448. The van der Waals surface area contributed by atoms with Gasteiger partial charge in [0.1, 0.15) is 11.6 Å². The number of hydrogen-bond acceptors (Lipinski definition) is 8. The maximum Gasteiger partial charge on any atom is 0.309 e. The number of aliphatic hydroxyl groups excluding tert-OH is 2. The number of halogens is 1. The summed E-state index contributed by atoms with van der Waals surface area (Å²) >= 11 is 1.39. The van der Waals surface area contributed by atoms with E-state index >= 15 is 4.39 Å². The SMILES string of the molecule is Cc1nc(/C=C(\F)[C@@H]2C[C@H]3O[C@]3(C)CCC[C@@H](C)[C@H](O)[C@@H](C)C(=O)C(C)(C)[C@@H](O)CC(=O)O2)cs1. The predicted octanol–water partition coefficient (Wildman–Crippen LogP) is 4.38. The van der Waals surface area contributed by atoms with Crippen LogP contribution in [0.1, 0.15) is 77.4 Å². The summed E-state index contributed by atoms with van der Waals surface area (Å²) in [5, 5.41) is 24.1. The highest BCUT2D eigenvalue weighted by molar-refractivity contribution is 7.09. The molecule has 0 unspecified atom stereocenters. The minimum absolute atomic E-state index is 0.129. The number of cyclic esters (lactones) is 1. The highest BCUT2D eigenvalue weighted by Crippen LogP contribution is 2.45. The average molecular weight is 512 g/mol. The number of ether oxygens (including phenoxy) is 2. The minimum Gasteiger partial charge on any atom is -0.455 e. The number of carbonyl (C=O) groups excluding carboxylic acids is 2. The number of carbonyl (C=O) groups is 2. The number of rotatable bonds is 2. The molecule has 0 spiro atoms. The number of epoxide rings is 1. The first-order valence-corrected chi connectivity index (χ1v) is 13.2. The predicted molar refractivity (Wildman–Crippen MR) is 131 cm³/mol. The Morgan fingerprint density at radius 2 is 1.94 bits per heavy atom. The Bertz CT molecular complexity index is 961. The van der Waals surface area contributed by atoms with Gasteiger partial charge in [0, 0.05) is 17.7 Å². The Hall–Kier alpha value is -1.68. The van der Waals surface area contributed by atoms with E-state index in [0.29, 0.717) is 18.5 Å². The third-order valence-electron chi connectivity index (χ3n) is 7.64. The lowest BCUT2D eigenvalue weighted by Crippen LogP contribution is -2.45. The molecule has 0 aliphatic carbocycles. The van der Waals surface area contributed by atoms with E-state index < -0.39 is 53.5 Å². The second-order valence-electron chi connectivity index (χ2n) is 10.9. The van der Waals surface area contributed by atoms with Crippen LogP contribution in [-0.4, -0.2) is 57.0 Å². The first kappa shape index (κ1) is 27.9. The van der Waals surface area contributed by atoms with Crippen LogP contribution < -0.4 is 0 Å². The molecule has 0 bridgehead atoms. The van der Waals surface area contributed by atoms with Crippen molar-refractivity contribution in [1.29, 1.82) is 0 Å². The van der Waals surface area contributed by atoms with E-state index in [1.165, 1.54) is 17.4 Å². The number of esters is 1. The fraction of sp³-hybridized carbons (Fsp3) is 0.731. The normalized spacial score (nSPS) is 37.5. The minimum atomic E-state index is -1.35. The molecule has 0 radical (unpaired) electrons. The second kappa shape index (κ2) is 10.7.